The Morgan fingerprint density at radius 1 is 0.931 bits per heavy atom. The fourth-order valence-electron chi connectivity index (χ4n) is 4.13. The van der Waals surface area contributed by atoms with Gasteiger partial charge in [0.15, 0.2) is 0 Å². The van der Waals surface area contributed by atoms with E-state index in [1.54, 1.807) is 0 Å². The highest BCUT2D eigenvalue weighted by atomic mass is 16.5. The van der Waals surface area contributed by atoms with E-state index in [4.69, 9.17) is 4.74 Å². The molecule has 0 bridgehead atoms. The van der Waals surface area contributed by atoms with Crippen LogP contribution in [0, 0.1) is 0 Å². The topological polar surface area (TPSA) is 44.8 Å². The third kappa shape index (κ3) is 5.51. The standard InChI is InChI=1S/C24H31N3O2/c28-24-12-18-29-23-11-10-20(19-22(23)25-24)7-3-2-6-13-26-14-16-27(17-15-26)21-8-4-1-5-9-21/h1,4-5,8-11,19H,2-3,6-7,12-18H2,(H,25,28). The summed E-state index contributed by atoms with van der Waals surface area (Å²) < 4.78 is 5.63. The Morgan fingerprint density at radius 2 is 1.76 bits per heavy atom. The van der Waals surface area contributed by atoms with Gasteiger partial charge in [0.2, 0.25) is 5.91 Å². The number of nitrogens with zero attached hydrogens (tertiary/aromatic N) is 2. The zero-order valence-corrected chi connectivity index (χ0v) is 17.1. The smallest absolute Gasteiger partial charge is 0.227 e. The average Bonchev–Trinajstić information content (AvgIpc) is 2.94. The van der Waals surface area contributed by atoms with Crippen LogP contribution in [0.5, 0.6) is 5.75 Å². The molecule has 1 N–H and O–H groups in total. The number of piperazine rings is 1. The third-order valence-electron chi connectivity index (χ3n) is 5.84. The van der Waals surface area contributed by atoms with Crippen LogP contribution in [0.2, 0.25) is 0 Å². The molecule has 0 radical (unpaired) electrons. The highest BCUT2D eigenvalue weighted by molar-refractivity contribution is 5.93. The zero-order chi connectivity index (χ0) is 19.9. The number of aryl methyl sites for hydroxylation is 1. The Labute approximate surface area is 173 Å². The van der Waals surface area contributed by atoms with E-state index in [2.05, 4.69) is 57.6 Å². The third-order valence-corrected chi connectivity index (χ3v) is 5.84. The first-order chi connectivity index (χ1) is 14.3. The lowest BCUT2D eigenvalue weighted by atomic mass is 10.1. The number of hydrogen-bond donors (Lipinski definition) is 1. The van der Waals surface area contributed by atoms with Gasteiger partial charge in [-0.15, -0.1) is 0 Å². The summed E-state index contributed by atoms with van der Waals surface area (Å²) in [7, 11) is 0. The van der Waals surface area contributed by atoms with E-state index < -0.39 is 0 Å². The molecule has 2 aliphatic heterocycles. The number of carbonyl (C=O) groups excluding carboxylic acids is 1. The van der Waals surface area contributed by atoms with Gasteiger partial charge in [0.05, 0.1) is 18.7 Å². The van der Waals surface area contributed by atoms with Gasteiger partial charge in [0.25, 0.3) is 0 Å². The predicted molar refractivity (Wildman–Crippen MR) is 118 cm³/mol. The Morgan fingerprint density at radius 3 is 2.59 bits per heavy atom. The van der Waals surface area contributed by atoms with E-state index in [1.165, 1.54) is 37.1 Å². The first-order valence-corrected chi connectivity index (χ1v) is 10.9. The fraction of sp³-hybridized carbons (Fsp3) is 0.458. The second kappa shape index (κ2) is 9.79. The molecular weight excluding hydrogens is 362 g/mol. The molecule has 1 fully saturated rings. The number of amides is 1. The number of hydrogen-bond acceptors (Lipinski definition) is 4. The zero-order valence-electron chi connectivity index (χ0n) is 17.1. The van der Waals surface area contributed by atoms with Gasteiger partial charge in [0, 0.05) is 31.9 Å². The molecule has 5 nitrogen and oxygen atoms in total. The maximum atomic E-state index is 11.7. The molecule has 2 aliphatic rings. The Bertz CT molecular complexity index is 801. The largest absolute Gasteiger partial charge is 0.491 e. The average molecular weight is 394 g/mol. The normalized spacial score (nSPS) is 17.2. The molecule has 0 atom stereocenters. The summed E-state index contributed by atoms with van der Waals surface area (Å²) in [6.45, 7) is 6.19. The predicted octanol–water partition coefficient (Wildman–Crippen LogP) is 3.94. The molecule has 0 aromatic heterocycles. The van der Waals surface area contributed by atoms with Gasteiger partial charge in [-0.25, -0.2) is 0 Å². The van der Waals surface area contributed by atoms with Crippen molar-refractivity contribution in [2.45, 2.75) is 32.1 Å². The van der Waals surface area contributed by atoms with Crippen molar-refractivity contribution in [2.75, 3.05) is 49.5 Å². The summed E-state index contributed by atoms with van der Waals surface area (Å²) in [5.74, 6) is 0.822. The van der Waals surface area contributed by atoms with Crippen molar-refractivity contribution in [3.8, 4) is 5.75 Å². The van der Waals surface area contributed by atoms with Gasteiger partial charge in [-0.2, -0.15) is 0 Å². The fourth-order valence-corrected chi connectivity index (χ4v) is 4.13. The summed E-state index contributed by atoms with van der Waals surface area (Å²) in [4.78, 5) is 16.8. The van der Waals surface area contributed by atoms with Crippen LogP contribution in [-0.4, -0.2) is 50.1 Å². The molecule has 0 aliphatic carbocycles. The number of anilines is 2. The lowest BCUT2D eigenvalue weighted by molar-refractivity contribution is -0.116. The van der Waals surface area contributed by atoms with Gasteiger partial charge < -0.3 is 15.0 Å². The molecule has 2 aromatic carbocycles. The molecule has 0 saturated carbocycles. The molecule has 2 aromatic rings. The summed E-state index contributed by atoms with van der Waals surface area (Å²) in [5.41, 5.74) is 3.43. The lowest BCUT2D eigenvalue weighted by Crippen LogP contribution is -2.46. The second-order valence-corrected chi connectivity index (χ2v) is 7.95. The van der Waals surface area contributed by atoms with Crippen molar-refractivity contribution >= 4 is 17.3 Å². The van der Waals surface area contributed by atoms with Crippen LogP contribution in [0.25, 0.3) is 0 Å². The van der Waals surface area contributed by atoms with Gasteiger partial charge in [0.1, 0.15) is 5.75 Å². The molecule has 0 spiro atoms. The number of para-hydroxylation sites is 1. The minimum atomic E-state index is 0.0354. The quantitative estimate of drug-likeness (QED) is 0.724. The number of unbranched alkanes of at least 4 members (excludes halogenated alkanes) is 2. The minimum absolute atomic E-state index is 0.0354. The molecule has 29 heavy (non-hydrogen) atoms. The highest BCUT2D eigenvalue weighted by Gasteiger charge is 2.17. The number of carbonyl (C=O) groups is 1. The second-order valence-electron chi connectivity index (χ2n) is 7.95. The van der Waals surface area contributed by atoms with Crippen LogP contribution in [-0.2, 0) is 11.2 Å². The number of fused-ring (bicyclic) bond motifs is 1. The molecule has 1 saturated heterocycles. The molecular formula is C24H31N3O2. The maximum Gasteiger partial charge on any atom is 0.227 e. The summed E-state index contributed by atoms with van der Waals surface area (Å²) in [6, 6.07) is 16.9. The minimum Gasteiger partial charge on any atom is -0.491 e. The van der Waals surface area contributed by atoms with E-state index in [-0.39, 0.29) is 5.91 Å². The van der Waals surface area contributed by atoms with E-state index in [9.17, 15) is 4.79 Å². The number of benzene rings is 2. The van der Waals surface area contributed by atoms with Crippen LogP contribution in [0.4, 0.5) is 11.4 Å². The Hall–Kier alpha value is -2.53. The van der Waals surface area contributed by atoms with E-state index in [1.807, 2.05) is 6.07 Å². The van der Waals surface area contributed by atoms with E-state index in [0.717, 1.165) is 44.0 Å². The number of ether oxygens (including phenoxy) is 1. The number of rotatable bonds is 7. The Kier molecular flexibility index (Phi) is 6.67. The molecule has 154 valence electrons. The van der Waals surface area contributed by atoms with Gasteiger partial charge >= 0.3 is 0 Å². The molecule has 1 amide bonds. The van der Waals surface area contributed by atoms with Crippen molar-refractivity contribution in [3.63, 3.8) is 0 Å². The van der Waals surface area contributed by atoms with Crippen LogP contribution < -0.4 is 15.0 Å². The maximum absolute atomic E-state index is 11.7. The lowest BCUT2D eigenvalue weighted by Gasteiger charge is -2.36. The van der Waals surface area contributed by atoms with E-state index in [0.29, 0.717) is 13.0 Å². The molecule has 0 unspecified atom stereocenters. The first-order valence-electron chi connectivity index (χ1n) is 10.9. The molecule has 2 heterocycles. The van der Waals surface area contributed by atoms with Crippen LogP contribution in [0.3, 0.4) is 0 Å². The van der Waals surface area contributed by atoms with Crippen molar-refractivity contribution in [2.24, 2.45) is 0 Å². The van der Waals surface area contributed by atoms with Gasteiger partial charge in [-0.1, -0.05) is 30.7 Å². The van der Waals surface area contributed by atoms with Crippen molar-refractivity contribution in [3.05, 3.63) is 54.1 Å². The molecule has 4 rings (SSSR count). The summed E-state index contributed by atoms with van der Waals surface area (Å²) in [6.07, 6.45) is 5.13. The van der Waals surface area contributed by atoms with Crippen molar-refractivity contribution in [1.29, 1.82) is 0 Å². The first kappa shape index (κ1) is 19.8. The summed E-state index contributed by atoms with van der Waals surface area (Å²) >= 11 is 0. The SMILES string of the molecule is O=C1CCOc2ccc(CCCCCN3CCN(c4ccccc4)CC3)cc2N1. The Balaban J connectivity index is 1.14. The van der Waals surface area contributed by atoms with Crippen LogP contribution in [0.15, 0.2) is 48.5 Å². The van der Waals surface area contributed by atoms with E-state index >= 15 is 0 Å². The van der Waals surface area contributed by atoms with Crippen molar-refractivity contribution in [1.82, 2.24) is 4.90 Å². The van der Waals surface area contributed by atoms with Crippen molar-refractivity contribution < 1.29 is 9.53 Å². The molecule has 5 heteroatoms. The van der Waals surface area contributed by atoms with Crippen LogP contribution >= 0.6 is 0 Å². The summed E-state index contributed by atoms with van der Waals surface area (Å²) in [5, 5.41) is 2.95. The number of nitrogens with one attached hydrogen (secondary N) is 1. The van der Waals surface area contributed by atoms with Crippen LogP contribution in [0.1, 0.15) is 31.2 Å². The van der Waals surface area contributed by atoms with Gasteiger partial charge in [-0.05, 0) is 55.6 Å². The van der Waals surface area contributed by atoms with Gasteiger partial charge in [-0.3, -0.25) is 9.69 Å². The highest BCUT2D eigenvalue weighted by Crippen LogP contribution is 2.28. The monoisotopic (exact) mass is 393 g/mol.